The number of ether oxygens (including phenoxy) is 1. The molecule has 23 heavy (non-hydrogen) atoms. The molecule has 0 saturated carbocycles. The van der Waals surface area contributed by atoms with Gasteiger partial charge in [0.1, 0.15) is 0 Å². The molecule has 7 heteroatoms. The number of phenols is 1. The number of phenolic OH excluding ortho intramolecular Hbond substituents is 1. The molecule has 1 aliphatic heterocycles. The van der Waals surface area contributed by atoms with Crippen LogP contribution in [0.4, 0.5) is 0 Å². The molecule has 5 nitrogen and oxygen atoms in total. The molecule has 0 atom stereocenters. The first-order chi connectivity index (χ1) is 11.0. The molecule has 2 rings (SSSR count). The van der Waals surface area contributed by atoms with Crippen molar-refractivity contribution in [2.24, 2.45) is 4.99 Å². The van der Waals surface area contributed by atoms with Crippen LogP contribution in [0, 0.1) is 0 Å². The summed E-state index contributed by atoms with van der Waals surface area (Å²) in [7, 11) is 0. The Morgan fingerprint density at radius 1 is 1.39 bits per heavy atom. The molecule has 0 aliphatic carbocycles. The van der Waals surface area contributed by atoms with Gasteiger partial charge in [0.25, 0.3) is 5.91 Å². The molecule has 0 unspecified atom stereocenters. The third-order valence-electron chi connectivity index (χ3n) is 3.16. The summed E-state index contributed by atoms with van der Waals surface area (Å²) in [4.78, 5) is 19.1. The number of benzene rings is 1. The van der Waals surface area contributed by atoms with E-state index in [1.54, 1.807) is 23.1 Å². The number of halogens is 1. The number of amidine groups is 1. The van der Waals surface area contributed by atoms with E-state index in [2.05, 4.69) is 20.9 Å². The quantitative estimate of drug-likeness (QED) is 0.764. The van der Waals surface area contributed by atoms with Gasteiger partial charge in [0.2, 0.25) is 0 Å². The third kappa shape index (κ3) is 3.90. The van der Waals surface area contributed by atoms with Crippen LogP contribution in [0.25, 0.3) is 6.08 Å². The van der Waals surface area contributed by atoms with Gasteiger partial charge >= 0.3 is 0 Å². The van der Waals surface area contributed by atoms with Gasteiger partial charge in [-0.05, 0) is 56.3 Å². The van der Waals surface area contributed by atoms with Crippen LogP contribution in [-0.2, 0) is 4.79 Å². The first-order valence-electron chi connectivity index (χ1n) is 7.42. The van der Waals surface area contributed by atoms with E-state index in [0.29, 0.717) is 34.8 Å². The Bertz CT molecular complexity index is 674. The predicted molar refractivity (Wildman–Crippen MR) is 97.9 cm³/mol. The molecular weight excluding hydrogens is 380 g/mol. The van der Waals surface area contributed by atoms with Crippen LogP contribution in [0.3, 0.4) is 0 Å². The molecule has 1 saturated heterocycles. The zero-order chi connectivity index (χ0) is 17.0. The predicted octanol–water partition coefficient (Wildman–Crippen LogP) is 3.87. The molecule has 1 N–H and O–H groups in total. The Kier molecular flexibility index (Phi) is 6.12. The smallest absolute Gasteiger partial charge is 0.266 e. The standard InChI is InChI=1S/C16H19BrN2O3S/c1-4-18-16-19(5-2)15(21)14(23-16)8-10-7-13(22-6-3)12(20)9-11(10)17/h7-9,20H,4-6H2,1-3H3/b14-8+,18-16?. The van der Waals surface area contributed by atoms with Crippen LogP contribution >= 0.6 is 27.7 Å². The molecule has 1 aliphatic rings. The number of aliphatic imine (C=N–C) groups is 1. The highest BCUT2D eigenvalue weighted by molar-refractivity contribution is 9.10. The third-order valence-corrected chi connectivity index (χ3v) is 4.89. The summed E-state index contributed by atoms with van der Waals surface area (Å²) >= 11 is 4.78. The van der Waals surface area contributed by atoms with E-state index in [1.807, 2.05) is 20.8 Å². The average Bonchev–Trinajstić information content (AvgIpc) is 2.80. The summed E-state index contributed by atoms with van der Waals surface area (Å²) in [5.41, 5.74) is 0.774. The van der Waals surface area contributed by atoms with Gasteiger partial charge in [-0.25, -0.2) is 0 Å². The van der Waals surface area contributed by atoms with Crippen molar-refractivity contribution in [1.29, 1.82) is 0 Å². The normalized spacial score (nSPS) is 18.3. The maximum atomic E-state index is 12.5. The van der Waals surface area contributed by atoms with Gasteiger partial charge < -0.3 is 9.84 Å². The Morgan fingerprint density at radius 3 is 2.74 bits per heavy atom. The number of likely N-dealkylation sites (N-methyl/N-ethyl adjacent to an activating group) is 1. The molecule has 1 aromatic carbocycles. The zero-order valence-corrected chi connectivity index (χ0v) is 15.7. The number of carbonyl (C=O) groups excluding carboxylic acids is 1. The lowest BCUT2D eigenvalue weighted by Crippen LogP contribution is -2.28. The fourth-order valence-corrected chi connectivity index (χ4v) is 3.66. The van der Waals surface area contributed by atoms with Crippen molar-refractivity contribution in [2.75, 3.05) is 19.7 Å². The largest absolute Gasteiger partial charge is 0.504 e. The van der Waals surface area contributed by atoms with Crippen LogP contribution in [0.1, 0.15) is 26.3 Å². The number of hydrogen-bond donors (Lipinski definition) is 1. The van der Waals surface area contributed by atoms with Crippen LogP contribution in [-0.4, -0.2) is 40.8 Å². The lowest BCUT2D eigenvalue weighted by Gasteiger charge is -2.11. The summed E-state index contributed by atoms with van der Waals surface area (Å²) in [5.74, 6) is 0.408. The zero-order valence-electron chi connectivity index (χ0n) is 13.3. The van der Waals surface area contributed by atoms with Crippen molar-refractivity contribution in [1.82, 2.24) is 4.90 Å². The van der Waals surface area contributed by atoms with Crippen molar-refractivity contribution < 1.29 is 14.6 Å². The Balaban J connectivity index is 2.40. The molecule has 1 heterocycles. The maximum absolute atomic E-state index is 12.5. The minimum absolute atomic E-state index is 0.0531. The van der Waals surface area contributed by atoms with Gasteiger partial charge in [-0.2, -0.15) is 0 Å². The second kappa shape index (κ2) is 7.88. The molecule has 0 spiro atoms. The fraction of sp³-hybridized carbons (Fsp3) is 0.375. The second-order valence-corrected chi connectivity index (χ2v) is 6.55. The topological polar surface area (TPSA) is 62.1 Å². The summed E-state index contributed by atoms with van der Waals surface area (Å²) < 4.78 is 6.10. The Labute approximate surface area is 148 Å². The van der Waals surface area contributed by atoms with Crippen LogP contribution < -0.4 is 4.74 Å². The van der Waals surface area contributed by atoms with Crippen molar-refractivity contribution in [2.45, 2.75) is 20.8 Å². The highest BCUT2D eigenvalue weighted by atomic mass is 79.9. The number of hydrogen-bond acceptors (Lipinski definition) is 5. The lowest BCUT2D eigenvalue weighted by molar-refractivity contribution is -0.122. The number of thioether (sulfide) groups is 1. The first-order valence-corrected chi connectivity index (χ1v) is 9.03. The number of carbonyl (C=O) groups is 1. The van der Waals surface area contributed by atoms with E-state index in [-0.39, 0.29) is 11.7 Å². The maximum Gasteiger partial charge on any atom is 0.266 e. The number of amides is 1. The van der Waals surface area contributed by atoms with Crippen LogP contribution in [0.15, 0.2) is 26.5 Å². The van der Waals surface area contributed by atoms with Gasteiger partial charge in [0.05, 0.1) is 11.5 Å². The molecule has 0 aromatic heterocycles. The highest BCUT2D eigenvalue weighted by Crippen LogP contribution is 2.37. The summed E-state index contributed by atoms with van der Waals surface area (Å²) in [6.07, 6.45) is 1.79. The lowest BCUT2D eigenvalue weighted by atomic mass is 10.2. The van der Waals surface area contributed by atoms with E-state index in [9.17, 15) is 9.90 Å². The van der Waals surface area contributed by atoms with E-state index in [1.165, 1.54) is 11.8 Å². The highest BCUT2D eigenvalue weighted by Gasteiger charge is 2.32. The monoisotopic (exact) mass is 398 g/mol. The van der Waals surface area contributed by atoms with Crippen molar-refractivity contribution in [3.05, 3.63) is 27.1 Å². The van der Waals surface area contributed by atoms with Gasteiger partial charge in [-0.3, -0.25) is 14.7 Å². The first kappa shape index (κ1) is 17.9. The molecule has 1 aromatic rings. The molecule has 1 amide bonds. The summed E-state index contributed by atoms with van der Waals surface area (Å²) in [6, 6.07) is 3.29. The van der Waals surface area contributed by atoms with Gasteiger partial charge in [0, 0.05) is 17.6 Å². The Hall–Kier alpha value is -1.47. The Morgan fingerprint density at radius 2 is 2.13 bits per heavy atom. The van der Waals surface area contributed by atoms with E-state index in [4.69, 9.17) is 4.74 Å². The molecule has 0 bridgehead atoms. The van der Waals surface area contributed by atoms with Gasteiger partial charge in [-0.15, -0.1) is 0 Å². The average molecular weight is 399 g/mol. The molecule has 124 valence electrons. The fourth-order valence-electron chi connectivity index (χ4n) is 2.12. The van der Waals surface area contributed by atoms with Crippen molar-refractivity contribution >= 4 is 44.8 Å². The number of rotatable bonds is 5. The molecule has 0 radical (unpaired) electrons. The van der Waals surface area contributed by atoms with E-state index >= 15 is 0 Å². The van der Waals surface area contributed by atoms with E-state index < -0.39 is 0 Å². The molecular formula is C16H19BrN2O3S. The number of nitrogens with zero attached hydrogens (tertiary/aromatic N) is 2. The summed E-state index contributed by atoms with van der Waals surface area (Å²) in [5, 5.41) is 10.6. The van der Waals surface area contributed by atoms with Gasteiger partial charge in [-0.1, -0.05) is 15.9 Å². The molecule has 1 fully saturated rings. The van der Waals surface area contributed by atoms with Crippen LogP contribution in [0.5, 0.6) is 11.5 Å². The van der Waals surface area contributed by atoms with Crippen molar-refractivity contribution in [3.8, 4) is 11.5 Å². The SMILES string of the molecule is CCN=C1S/C(=C/c2cc(OCC)c(O)cc2Br)C(=O)N1CC. The van der Waals surface area contributed by atoms with E-state index in [0.717, 1.165) is 10.7 Å². The minimum atomic E-state index is -0.0531. The van der Waals surface area contributed by atoms with Crippen LogP contribution in [0.2, 0.25) is 0 Å². The van der Waals surface area contributed by atoms with Gasteiger partial charge in [0.15, 0.2) is 16.7 Å². The van der Waals surface area contributed by atoms with Crippen molar-refractivity contribution in [3.63, 3.8) is 0 Å². The number of aromatic hydroxyl groups is 1. The second-order valence-electron chi connectivity index (χ2n) is 4.69. The minimum Gasteiger partial charge on any atom is -0.504 e. The summed E-state index contributed by atoms with van der Waals surface area (Å²) in [6.45, 7) is 7.40.